The third-order valence-electron chi connectivity index (χ3n) is 2.72. The first kappa shape index (κ1) is 13.5. The summed E-state index contributed by atoms with van der Waals surface area (Å²) in [6.45, 7) is 1.86. The number of halogens is 1. The second-order valence-electron chi connectivity index (χ2n) is 3.96. The first-order chi connectivity index (χ1) is 8.10. The van der Waals surface area contributed by atoms with Gasteiger partial charge in [-0.3, -0.25) is 4.79 Å². The predicted octanol–water partition coefficient (Wildman–Crippen LogP) is 2.80. The van der Waals surface area contributed by atoms with Gasteiger partial charge in [-0.1, -0.05) is 12.1 Å². The molecule has 1 aromatic rings. The maximum Gasteiger partial charge on any atom is 0.253 e. The number of carbonyl (C=O) groups excluding carboxylic acids is 1. The van der Waals surface area contributed by atoms with Gasteiger partial charge in [-0.2, -0.15) is 5.26 Å². The number of hydrogen-bond donors (Lipinski definition) is 0. The van der Waals surface area contributed by atoms with Crippen LogP contribution in [0, 0.1) is 11.3 Å². The minimum atomic E-state index is -0.0831. The number of amides is 1. The molecule has 0 spiro atoms. The lowest BCUT2D eigenvalue weighted by molar-refractivity contribution is 0.0746. The molecule has 1 aromatic carbocycles. The Morgan fingerprint density at radius 1 is 1.47 bits per heavy atom. The Hall–Kier alpha value is -1.53. The van der Waals surface area contributed by atoms with Crippen LogP contribution in [0.1, 0.15) is 29.3 Å². The first-order valence-electron chi connectivity index (χ1n) is 5.39. The quantitative estimate of drug-likeness (QED) is 0.772. The van der Waals surface area contributed by atoms with E-state index in [1.165, 1.54) is 0 Å². The smallest absolute Gasteiger partial charge is 0.253 e. The molecule has 0 bridgehead atoms. The summed E-state index contributed by atoms with van der Waals surface area (Å²) in [5, 5.41) is 8.60. The van der Waals surface area contributed by atoms with Crippen LogP contribution in [0.3, 0.4) is 0 Å². The summed E-state index contributed by atoms with van der Waals surface area (Å²) in [7, 11) is 1.71. The van der Waals surface area contributed by atoms with Crippen LogP contribution >= 0.6 is 11.6 Å². The molecule has 17 heavy (non-hydrogen) atoms. The molecule has 1 unspecified atom stereocenters. The third kappa shape index (κ3) is 3.47. The fraction of sp³-hybridized carbons (Fsp3) is 0.385. The van der Waals surface area contributed by atoms with Crippen molar-refractivity contribution in [3.8, 4) is 6.07 Å². The summed E-state index contributed by atoms with van der Waals surface area (Å²) in [5.41, 5.74) is 1.60. The fourth-order valence-corrected chi connectivity index (χ4v) is 1.59. The number of alkyl halides is 1. The molecule has 0 aromatic heterocycles. The zero-order chi connectivity index (χ0) is 12.8. The molecule has 0 fully saturated rings. The first-order valence-corrected chi connectivity index (χ1v) is 5.92. The van der Waals surface area contributed by atoms with Crippen molar-refractivity contribution in [1.29, 1.82) is 5.26 Å². The molecular formula is C13H15ClN2O. The number of rotatable bonds is 4. The van der Waals surface area contributed by atoms with Gasteiger partial charge >= 0.3 is 0 Å². The van der Waals surface area contributed by atoms with Crippen molar-refractivity contribution in [2.75, 3.05) is 7.05 Å². The van der Waals surface area contributed by atoms with Crippen LogP contribution in [-0.2, 0) is 5.88 Å². The minimum absolute atomic E-state index is 0.0751. The Kier molecular flexibility index (Phi) is 4.99. The van der Waals surface area contributed by atoms with E-state index < -0.39 is 0 Å². The van der Waals surface area contributed by atoms with E-state index in [2.05, 4.69) is 6.07 Å². The van der Waals surface area contributed by atoms with Gasteiger partial charge in [0.1, 0.15) is 0 Å². The molecule has 1 amide bonds. The second kappa shape index (κ2) is 6.27. The van der Waals surface area contributed by atoms with Gasteiger partial charge in [0.15, 0.2) is 0 Å². The molecule has 0 radical (unpaired) electrons. The predicted molar refractivity (Wildman–Crippen MR) is 67.8 cm³/mol. The number of nitrogens with zero attached hydrogens (tertiary/aromatic N) is 2. The van der Waals surface area contributed by atoms with Crippen LogP contribution in [-0.4, -0.2) is 23.9 Å². The van der Waals surface area contributed by atoms with Crippen molar-refractivity contribution in [3.05, 3.63) is 35.4 Å². The van der Waals surface area contributed by atoms with Gasteiger partial charge < -0.3 is 4.90 Å². The molecule has 0 saturated heterocycles. The SMILES string of the molecule is CC(CC#N)N(C)C(=O)c1ccc(CCl)cc1. The summed E-state index contributed by atoms with van der Waals surface area (Å²) in [5.74, 6) is 0.365. The standard InChI is InChI=1S/C13H15ClN2O/c1-10(7-8-15)16(2)13(17)12-5-3-11(9-14)4-6-12/h3-6,10H,7,9H2,1-2H3. The molecular weight excluding hydrogens is 236 g/mol. The van der Waals surface area contributed by atoms with Crippen molar-refractivity contribution < 1.29 is 4.79 Å². The lowest BCUT2D eigenvalue weighted by atomic mass is 10.1. The monoisotopic (exact) mass is 250 g/mol. The van der Waals surface area contributed by atoms with E-state index in [-0.39, 0.29) is 11.9 Å². The van der Waals surface area contributed by atoms with E-state index in [0.29, 0.717) is 17.9 Å². The lowest BCUT2D eigenvalue weighted by Gasteiger charge is -2.23. The highest BCUT2D eigenvalue weighted by Gasteiger charge is 2.16. The molecule has 3 nitrogen and oxygen atoms in total. The Morgan fingerprint density at radius 2 is 2.06 bits per heavy atom. The Morgan fingerprint density at radius 3 is 2.53 bits per heavy atom. The average Bonchev–Trinajstić information content (AvgIpc) is 2.37. The van der Waals surface area contributed by atoms with E-state index >= 15 is 0 Å². The Bertz CT molecular complexity index is 422. The Balaban J connectivity index is 2.78. The molecule has 90 valence electrons. The zero-order valence-corrected chi connectivity index (χ0v) is 10.7. The summed E-state index contributed by atoms with van der Waals surface area (Å²) in [4.78, 5) is 13.6. The van der Waals surface area contributed by atoms with E-state index in [1.807, 2.05) is 19.1 Å². The third-order valence-corrected chi connectivity index (χ3v) is 3.03. The molecule has 0 N–H and O–H groups in total. The second-order valence-corrected chi connectivity index (χ2v) is 4.23. The summed E-state index contributed by atoms with van der Waals surface area (Å²) >= 11 is 5.68. The van der Waals surface area contributed by atoms with Crippen molar-refractivity contribution in [1.82, 2.24) is 4.90 Å². The molecule has 1 rings (SSSR count). The van der Waals surface area contributed by atoms with Gasteiger partial charge in [-0.15, -0.1) is 11.6 Å². The lowest BCUT2D eigenvalue weighted by Crippen LogP contribution is -2.34. The zero-order valence-electron chi connectivity index (χ0n) is 9.98. The molecule has 0 aliphatic rings. The summed E-state index contributed by atoms with van der Waals surface area (Å²) in [6, 6.07) is 9.17. The minimum Gasteiger partial charge on any atom is -0.338 e. The number of carbonyl (C=O) groups is 1. The van der Waals surface area contributed by atoms with Gasteiger partial charge in [0.05, 0.1) is 12.5 Å². The van der Waals surface area contributed by atoms with Crippen LogP contribution in [0.2, 0.25) is 0 Å². The topological polar surface area (TPSA) is 44.1 Å². The van der Waals surface area contributed by atoms with Gasteiger partial charge in [0.2, 0.25) is 0 Å². The van der Waals surface area contributed by atoms with Gasteiger partial charge in [0, 0.05) is 24.5 Å². The van der Waals surface area contributed by atoms with Gasteiger partial charge in [-0.05, 0) is 24.6 Å². The molecule has 1 atom stereocenters. The van der Waals surface area contributed by atoms with E-state index in [9.17, 15) is 4.79 Å². The van der Waals surface area contributed by atoms with Crippen molar-refractivity contribution in [2.24, 2.45) is 0 Å². The highest BCUT2D eigenvalue weighted by Crippen LogP contribution is 2.11. The molecule has 0 aliphatic heterocycles. The maximum atomic E-state index is 12.0. The summed E-state index contributed by atoms with van der Waals surface area (Å²) < 4.78 is 0. The number of nitriles is 1. The molecule has 4 heteroatoms. The molecule has 0 saturated carbocycles. The van der Waals surface area contributed by atoms with Crippen molar-refractivity contribution >= 4 is 17.5 Å². The molecule has 0 heterocycles. The van der Waals surface area contributed by atoms with Crippen LogP contribution in [0.4, 0.5) is 0 Å². The van der Waals surface area contributed by atoms with E-state index in [1.54, 1.807) is 24.1 Å². The van der Waals surface area contributed by atoms with Crippen LogP contribution in [0.25, 0.3) is 0 Å². The number of benzene rings is 1. The Labute approximate surface area is 107 Å². The van der Waals surface area contributed by atoms with Gasteiger partial charge in [-0.25, -0.2) is 0 Å². The summed E-state index contributed by atoms with van der Waals surface area (Å²) in [6.07, 6.45) is 0.335. The number of hydrogen-bond acceptors (Lipinski definition) is 2. The van der Waals surface area contributed by atoms with Crippen LogP contribution < -0.4 is 0 Å². The van der Waals surface area contributed by atoms with E-state index in [4.69, 9.17) is 16.9 Å². The normalized spacial score (nSPS) is 11.6. The van der Waals surface area contributed by atoms with Crippen molar-refractivity contribution in [3.63, 3.8) is 0 Å². The average molecular weight is 251 g/mol. The molecule has 0 aliphatic carbocycles. The van der Waals surface area contributed by atoms with Crippen molar-refractivity contribution in [2.45, 2.75) is 25.3 Å². The van der Waals surface area contributed by atoms with Crippen LogP contribution in [0.5, 0.6) is 0 Å². The highest BCUT2D eigenvalue weighted by atomic mass is 35.5. The van der Waals surface area contributed by atoms with E-state index in [0.717, 1.165) is 5.56 Å². The van der Waals surface area contributed by atoms with Gasteiger partial charge in [0.25, 0.3) is 5.91 Å². The largest absolute Gasteiger partial charge is 0.338 e. The maximum absolute atomic E-state index is 12.0. The van der Waals surface area contributed by atoms with Crippen LogP contribution in [0.15, 0.2) is 24.3 Å². The highest BCUT2D eigenvalue weighted by molar-refractivity contribution is 6.17. The fourth-order valence-electron chi connectivity index (χ4n) is 1.41.